The molecule has 9 heteroatoms. The molecule has 0 unspecified atom stereocenters. The first kappa shape index (κ1) is 23.9. The Morgan fingerprint density at radius 3 is 2.64 bits per heavy atom. The van der Waals surface area contributed by atoms with Crippen LogP contribution in [0.2, 0.25) is 0 Å². The molecule has 0 radical (unpaired) electrons. The van der Waals surface area contributed by atoms with Gasteiger partial charge in [-0.2, -0.15) is 8.42 Å². The standard InChI is InChI=1S/C19H29NO7S/c1-15(2)8-6-4-5-7-9-19(21)20-13-16-10-11-17(18(12-16)25-3)26-14-27-28(22,23)24/h6,8,10-12,15H,4-5,7,9,13-14H2,1-3H3,(H,20,21)(H,22,23,24)/b8-6-. The van der Waals surface area contributed by atoms with Crippen molar-refractivity contribution in [2.75, 3.05) is 13.9 Å². The van der Waals surface area contributed by atoms with E-state index in [1.807, 2.05) is 0 Å². The number of methoxy groups -OCH3 is 1. The number of benzene rings is 1. The van der Waals surface area contributed by atoms with E-state index in [0.717, 1.165) is 24.8 Å². The first-order valence-corrected chi connectivity index (χ1v) is 10.4. The third-order valence-corrected chi connectivity index (χ3v) is 4.07. The summed E-state index contributed by atoms with van der Waals surface area (Å²) in [6, 6.07) is 4.94. The van der Waals surface area contributed by atoms with E-state index in [9.17, 15) is 13.2 Å². The summed E-state index contributed by atoms with van der Waals surface area (Å²) in [5.41, 5.74) is 0.799. The minimum atomic E-state index is -4.57. The van der Waals surface area contributed by atoms with Crippen molar-refractivity contribution < 1.29 is 31.4 Å². The third-order valence-electron chi connectivity index (χ3n) is 3.67. The molecule has 0 saturated carbocycles. The molecule has 0 bridgehead atoms. The maximum absolute atomic E-state index is 11.9. The lowest BCUT2D eigenvalue weighted by Crippen LogP contribution is -2.22. The van der Waals surface area contributed by atoms with Crippen LogP contribution in [-0.4, -0.2) is 32.8 Å². The van der Waals surface area contributed by atoms with Crippen LogP contribution < -0.4 is 14.8 Å². The van der Waals surface area contributed by atoms with Gasteiger partial charge in [0.25, 0.3) is 0 Å². The van der Waals surface area contributed by atoms with Gasteiger partial charge in [-0.25, -0.2) is 4.18 Å². The highest BCUT2D eigenvalue weighted by atomic mass is 32.3. The number of amides is 1. The molecular weight excluding hydrogens is 386 g/mol. The lowest BCUT2D eigenvalue weighted by molar-refractivity contribution is -0.121. The van der Waals surface area contributed by atoms with E-state index in [2.05, 4.69) is 35.5 Å². The van der Waals surface area contributed by atoms with Crippen LogP contribution in [0.15, 0.2) is 30.4 Å². The molecule has 0 atom stereocenters. The number of unbranched alkanes of at least 4 members (excludes halogenated alkanes) is 2. The summed E-state index contributed by atoms with van der Waals surface area (Å²) in [5, 5.41) is 2.85. The van der Waals surface area contributed by atoms with Crippen LogP contribution in [-0.2, 0) is 25.9 Å². The largest absolute Gasteiger partial charge is 0.493 e. The number of rotatable bonds is 13. The molecule has 0 saturated heterocycles. The molecular formula is C19H29NO7S. The van der Waals surface area contributed by atoms with E-state index in [1.54, 1.807) is 18.2 Å². The maximum atomic E-state index is 11.9. The van der Waals surface area contributed by atoms with E-state index >= 15 is 0 Å². The van der Waals surface area contributed by atoms with E-state index in [0.29, 0.717) is 24.6 Å². The summed E-state index contributed by atoms with van der Waals surface area (Å²) in [4.78, 5) is 11.9. The molecule has 0 aromatic heterocycles. The molecule has 0 aliphatic carbocycles. The molecule has 0 fully saturated rings. The smallest absolute Gasteiger partial charge is 0.400 e. The number of hydrogen-bond donors (Lipinski definition) is 2. The highest BCUT2D eigenvalue weighted by Crippen LogP contribution is 2.28. The van der Waals surface area contributed by atoms with Gasteiger partial charge in [0.15, 0.2) is 11.5 Å². The van der Waals surface area contributed by atoms with Gasteiger partial charge in [-0.15, -0.1) is 0 Å². The van der Waals surface area contributed by atoms with Gasteiger partial charge in [0.05, 0.1) is 7.11 Å². The molecule has 0 aliphatic rings. The summed E-state index contributed by atoms with van der Waals surface area (Å²) in [6.07, 6.45) is 7.57. The van der Waals surface area contributed by atoms with E-state index < -0.39 is 17.2 Å². The van der Waals surface area contributed by atoms with Crippen LogP contribution in [0.1, 0.15) is 45.1 Å². The predicted octanol–water partition coefficient (Wildman–Crippen LogP) is 3.24. The first-order valence-electron chi connectivity index (χ1n) is 9.06. The monoisotopic (exact) mass is 415 g/mol. The van der Waals surface area contributed by atoms with Gasteiger partial charge in [-0.05, 0) is 42.9 Å². The number of hydrogen-bond acceptors (Lipinski definition) is 6. The van der Waals surface area contributed by atoms with Gasteiger partial charge in [0.1, 0.15) is 0 Å². The van der Waals surface area contributed by atoms with Crippen LogP contribution in [0.5, 0.6) is 11.5 Å². The van der Waals surface area contributed by atoms with Crippen molar-refractivity contribution in [3.8, 4) is 11.5 Å². The van der Waals surface area contributed by atoms with Crippen molar-refractivity contribution in [2.24, 2.45) is 5.92 Å². The van der Waals surface area contributed by atoms with Crippen LogP contribution in [0.4, 0.5) is 0 Å². The van der Waals surface area contributed by atoms with E-state index in [4.69, 9.17) is 14.0 Å². The van der Waals surface area contributed by atoms with Crippen molar-refractivity contribution in [3.63, 3.8) is 0 Å². The van der Waals surface area contributed by atoms with Crippen molar-refractivity contribution in [1.29, 1.82) is 0 Å². The van der Waals surface area contributed by atoms with Crippen LogP contribution in [0, 0.1) is 5.92 Å². The van der Waals surface area contributed by atoms with Crippen LogP contribution in [0.3, 0.4) is 0 Å². The summed E-state index contributed by atoms with van der Waals surface area (Å²) >= 11 is 0. The molecule has 2 N–H and O–H groups in total. The minimum Gasteiger partial charge on any atom is -0.493 e. The fraction of sp³-hybridized carbons (Fsp3) is 0.526. The van der Waals surface area contributed by atoms with Crippen molar-refractivity contribution in [1.82, 2.24) is 5.32 Å². The Hall–Kier alpha value is -2.10. The molecule has 28 heavy (non-hydrogen) atoms. The maximum Gasteiger partial charge on any atom is 0.400 e. The second kappa shape index (κ2) is 12.4. The Bertz CT molecular complexity index is 745. The fourth-order valence-corrected chi connectivity index (χ4v) is 2.46. The van der Waals surface area contributed by atoms with Crippen LogP contribution in [0.25, 0.3) is 0 Å². The molecule has 158 valence electrons. The quantitative estimate of drug-likeness (QED) is 0.220. The van der Waals surface area contributed by atoms with Crippen molar-refractivity contribution >= 4 is 16.3 Å². The molecule has 1 aromatic carbocycles. The van der Waals surface area contributed by atoms with Gasteiger partial charge in [0.2, 0.25) is 12.7 Å². The third kappa shape index (κ3) is 10.9. The summed E-state index contributed by atoms with van der Waals surface area (Å²) < 4.78 is 43.9. The average Bonchev–Trinajstić information content (AvgIpc) is 2.62. The first-order chi connectivity index (χ1) is 13.2. The summed E-state index contributed by atoms with van der Waals surface area (Å²) in [7, 11) is -3.14. The van der Waals surface area contributed by atoms with Gasteiger partial charge >= 0.3 is 10.4 Å². The van der Waals surface area contributed by atoms with Crippen molar-refractivity contribution in [2.45, 2.75) is 46.1 Å². The molecule has 1 rings (SSSR count). The Balaban J connectivity index is 2.40. The topological polar surface area (TPSA) is 111 Å². The second-order valence-corrected chi connectivity index (χ2v) is 7.58. The van der Waals surface area contributed by atoms with E-state index in [1.165, 1.54) is 7.11 Å². The number of ether oxygens (including phenoxy) is 2. The Kier molecular flexibility index (Phi) is 10.6. The second-order valence-electron chi connectivity index (χ2n) is 6.49. The van der Waals surface area contributed by atoms with Gasteiger partial charge in [0, 0.05) is 13.0 Å². The number of allylic oxidation sites excluding steroid dienone is 2. The Morgan fingerprint density at radius 1 is 1.25 bits per heavy atom. The van der Waals surface area contributed by atoms with Gasteiger partial charge in [-0.3, -0.25) is 9.35 Å². The average molecular weight is 416 g/mol. The van der Waals surface area contributed by atoms with Crippen molar-refractivity contribution in [3.05, 3.63) is 35.9 Å². The Morgan fingerprint density at radius 2 is 2.00 bits per heavy atom. The Labute approximate surface area is 166 Å². The predicted molar refractivity (Wildman–Crippen MR) is 105 cm³/mol. The normalized spacial score (nSPS) is 11.8. The molecule has 8 nitrogen and oxygen atoms in total. The highest BCUT2D eigenvalue weighted by Gasteiger charge is 2.10. The molecule has 0 heterocycles. The zero-order valence-electron chi connectivity index (χ0n) is 16.5. The minimum absolute atomic E-state index is 0.0197. The summed E-state index contributed by atoms with van der Waals surface area (Å²) in [5.74, 6) is 1.12. The summed E-state index contributed by atoms with van der Waals surface area (Å²) in [6.45, 7) is 3.91. The highest BCUT2D eigenvalue weighted by molar-refractivity contribution is 7.80. The number of carbonyl (C=O) groups excluding carboxylic acids is 1. The van der Waals surface area contributed by atoms with Gasteiger partial charge in [-0.1, -0.05) is 32.1 Å². The van der Waals surface area contributed by atoms with Gasteiger partial charge < -0.3 is 14.8 Å². The van der Waals surface area contributed by atoms with Crippen LogP contribution >= 0.6 is 0 Å². The molecule has 1 amide bonds. The number of nitrogens with one attached hydrogen (secondary N) is 1. The SMILES string of the molecule is COc1cc(CNC(=O)CCCC/C=C\C(C)C)ccc1OCOS(=O)(=O)O. The zero-order valence-corrected chi connectivity index (χ0v) is 17.3. The molecule has 0 aliphatic heterocycles. The lowest BCUT2D eigenvalue weighted by Gasteiger charge is -2.12. The fourth-order valence-electron chi connectivity index (χ4n) is 2.29. The molecule has 0 spiro atoms. The lowest BCUT2D eigenvalue weighted by atomic mass is 10.1. The zero-order chi connectivity index (χ0) is 21.0. The van der Waals surface area contributed by atoms with E-state index in [-0.39, 0.29) is 11.7 Å². The number of carbonyl (C=O) groups is 1. The molecule has 1 aromatic rings.